The summed E-state index contributed by atoms with van der Waals surface area (Å²) in [6.45, 7) is 4.21. The molecule has 0 aliphatic rings. The van der Waals surface area contributed by atoms with Crippen molar-refractivity contribution in [3.05, 3.63) is 28.2 Å². The standard InChI is InChI=1S/C12H17N3O/c1-7(2)9-5-8(13)6-10-11(9)15(4)12(16)14(10)3/h5-7H,13H2,1-4H3. The first-order valence-electron chi connectivity index (χ1n) is 5.38. The maximum absolute atomic E-state index is 11.9. The number of anilines is 1. The minimum atomic E-state index is -0.0116. The Morgan fingerprint density at radius 2 is 1.81 bits per heavy atom. The summed E-state index contributed by atoms with van der Waals surface area (Å²) in [6, 6.07) is 3.80. The van der Waals surface area contributed by atoms with Crippen molar-refractivity contribution >= 4 is 16.7 Å². The summed E-state index contributed by atoms with van der Waals surface area (Å²) >= 11 is 0. The molecule has 0 saturated heterocycles. The van der Waals surface area contributed by atoms with Gasteiger partial charge < -0.3 is 5.73 Å². The lowest BCUT2D eigenvalue weighted by Crippen LogP contribution is -2.19. The molecule has 0 saturated carbocycles. The molecule has 86 valence electrons. The number of benzene rings is 1. The summed E-state index contributed by atoms with van der Waals surface area (Å²) in [5.41, 5.74) is 9.56. The summed E-state index contributed by atoms with van der Waals surface area (Å²) in [4.78, 5) is 11.9. The number of imidazole rings is 1. The number of nitrogens with zero attached hydrogens (tertiary/aromatic N) is 2. The van der Waals surface area contributed by atoms with E-state index in [1.165, 1.54) is 0 Å². The van der Waals surface area contributed by atoms with Crippen LogP contribution >= 0.6 is 0 Å². The van der Waals surface area contributed by atoms with Crippen LogP contribution in [0.2, 0.25) is 0 Å². The molecule has 2 rings (SSSR count). The third-order valence-electron chi connectivity index (χ3n) is 3.03. The minimum Gasteiger partial charge on any atom is -0.399 e. The van der Waals surface area contributed by atoms with Crippen LogP contribution < -0.4 is 11.4 Å². The van der Waals surface area contributed by atoms with Gasteiger partial charge >= 0.3 is 5.69 Å². The predicted octanol–water partition coefficient (Wildman–Crippen LogP) is 1.58. The highest BCUT2D eigenvalue weighted by molar-refractivity contribution is 5.83. The molecule has 2 N–H and O–H groups in total. The first-order valence-corrected chi connectivity index (χ1v) is 5.38. The maximum atomic E-state index is 11.9. The summed E-state index contributed by atoms with van der Waals surface area (Å²) < 4.78 is 3.32. The van der Waals surface area contributed by atoms with Crippen molar-refractivity contribution in [1.29, 1.82) is 0 Å². The largest absolute Gasteiger partial charge is 0.399 e. The number of aryl methyl sites for hydroxylation is 2. The lowest BCUT2D eigenvalue weighted by atomic mass is 10.0. The molecular formula is C12H17N3O. The van der Waals surface area contributed by atoms with Gasteiger partial charge in [0.25, 0.3) is 0 Å². The highest BCUT2D eigenvalue weighted by Gasteiger charge is 2.14. The van der Waals surface area contributed by atoms with E-state index in [4.69, 9.17) is 5.73 Å². The molecule has 1 heterocycles. The van der Waals surface area contributed by atoms with Gasteiger partial charge in [0.15, 0.2) is 0 Å². The van der Waals surface area contributed by atoms with E-state index in [2.05, 4.69) is 13.8 Å². The Hall–Kier alpha value is -1.71. The van der Waals surface area contributed by atoms with Gasteiger partial charge in [-0.25, -0.2) is 4.79 Å². The lowest BCUT2D eigenvalue weighted by molar-refractivity contribution is 0.788. The average Bonchev–Trinajstić information content (AvgIpc) is 2.43. The van der Waals surface area contributed by atoms with Crippen molar-refractivity contribution in [2.75, 3.05) is 5.73 Å². The van der Waals surface area contributed by atoms with E-state index in [9.17, 15) is 4.79 Å². The molecule has 0 amide bonds. The summed E-state index contributed by atoms with van der Waals surface area (Å²) in [7, 11) is 3.57. The van der Waals surface area contributed by atoms with E-state index in [-0.39, 0.29) is 5.69 Å². The highest BCUT2D eigenvalue weighted by Crippen LogP contribution is 2.26. The van der Waals surface area contributed by atoms with Crippen LogP contribution in [-0.2, 0) is 14.1 Å². The number of aromatic nitrogens is 2. The van der Waals surface area contributed by atoms with Crippen LogP contribution in [0.1, 0.15) is 25.3 Å². The van der Waals surface area contributed by atoms with Gasteiger partial charge in [-0.15, -0.1) is 0 Å². The number of fused-ring (bicyclic) bond motifs is 1. The van der Waals surface area contributed by atoms with Gasteiger partial charge in [0, 0.05) is 19.8 Å². The quantitative estimate of drug-likeness (QED) is 0.740. The highest BCUT2D eigenvalue weighted by atomic mass is 16.1. The Labute approximate surface area is 94.3 Å². The average molecular weight is 219 g/mol. The van der Waals surface area contributed by atoms with Crippen LogP contribution in [0.25, 0.3) is 11.0 Å². The third kappa shape index (κ3) is 1.33. The van der Waals surface area contributed by atoms with Gasteiger partial charge in [-0.05, 0) is 23.6 Å². The molecular weight excluding hydrogens is 202 g/mol. The maximum Gasteiger partial charge on any atom is 0.328 e. The van der Waals surface area contributed by atoms with E-state index >= 15 is 0 Å². The van der Waals surface area contributed by atoms with Crippen LogP contribution in [0.5, 0.6) is 0 Å². The number of hydrogen-bond donors (Lipinski definition) is 1. The monoisotopic (exact) mass is 219 g/mol. The Balaban J connectivity index is 3.02. The second kappa shape index (κ2) is 3.40. The molecule has 0 radical (unpaired) electrons. The van der Waals surface area contributed by atoms with E-state index in [1.54, 1.807) is 23.2 Å². The van der Waals surface area contributed by atoms with Crippen molar-refractivity contribution in [3.8, 4) is 0 Å². The molecule has 4 nitrogen and oxygen atoms in total. The Morgan fingerprint density at radius 1 is 1.19 bits per heavy atom. The molecule has 0 atom stereocenters. The topological polar surface area (TPSA) is 52.9 Å². The molecule has 0 aliphatic heterocycles. The zero-order valence-electron chi connectivity index (χ0n) is 10.1. The second-order valence-electron chi connectivity index (χ2n) is 4.53. The lowest BCUT2D eigenvalue weighted by Gasteiger charge is -2.10. The summed E-state index contributed by atoms with van der Waals surface area (Å²) in [5, 5.41) is 0. The predicted molar refractivity (Wildman–Crippen MR) is 66.7 cm³/mol. The van der Waals surface area contributed by atoms with Gasteiger partial charge in [-0.1, -0.05) is 13.8 Å². The van der Waals surface area contributed by atoms with Crippen molar-refractivity contribution in [2.24, 2.45) is 14.1 Å². The van der Waals surface area contributed by atoms with Crippen molar-refractivity contribution in [1.82, 2.24) is 9.13 Å². The van der Waals surface area contributed by atoms with E-state index < -0.39 is 0 Å². The number of nitrogen functional groups attached to an aromatic ring is 1. The fourth-order valence-electron chi connectivity index (χ4n) is 2.15. The normalized spacial score (nSPS) is 11.6. The van der Waals surface area contributed by atoms with Crippen LogP contribution in [0.4, 0.5) is 5.69 Å². The van der Waals surface area contributed by atoms with Gasteiger partial charge in [-0.3, -0.25) is 9.13 Å². The molecule has 0 bridgehead atoms. The van der Waals surface area contributed by atoms with Crippen LogP contribution in [0.15, 0.2) is 16.9 Å². The van der Waals surface area contributed by atoms with Gasteiger partial charge in [0.2, 0.25) is 0 Å². The molecule has 2 aromatic rings. The zero-order valence-corrected chi connectivity index (χ0v) is 10.1. The van der Waals surface area contributed by atoms with Crippen LogP contribution in [0, 0.1) is 0 Å². The van der Waals surface area contributed by atoms with E-state index in [0.717, 1.165) is 16.6 Å². The number of nitrogens with two attached hydrogens (primary N) is 1. The second-order valence-corrected chi connectivity index (χ2v) is 4.53. The Bertz CT molecular complexity index is 605. The number of hydrogen-bond acceptors (Lipinski definition) is 2. The summed E-state index contributed by atoms with van der Waals surface area (Å²) in [5.74, 6) is 0.346. The molecule has 4 heteroatoms. The van der Waals surface area contributed by atoms with Gasteiger partial charge in [-0.2, -0.15) is 0 Å². The van der Waals surface area contributed by atoms with E-state index in [0.29, 0.717) is 11.6 Å². The number of rotatable bonds is 1. The third-order valence-corrected chi connectivity index (χ3v) is 3.03. The molecule has 16 heavy (non-hydrogen) atoms. The van der Waals surface area contributed by atoms with Crippen molar-refractivity contribution in [2.45, 2.75) is 19.8 Å². The van der Waals surface area contributed by atoms with Crippen molar-refractivity contribution < 1.29 is 0 Å². The zero-order chi connectivity index (χ0) is 12.0. The molecule has 0 unspecified atom stereocenters. The van der Waals surface area contributed by atoms with Crippen LogP contribution in [-0.4, -0.2) is 9.13 Å². The first kappa shape index (κ1) is 10.8. The molecule has 1 aromatic heterocycles. The van der Waals surface area contributed by atoms with Gasteiger partial charge in [0.1, 0.15) is 0 Å². The molecule has 1 aromatic carbocycles. The Morgan fingerprint density at radius 3 is 2.38 bits per heavy atom. The van der Waals surface area contributed by atoms with Crippen molar-refractivity contribution in [3.63, 3.8) is 0 Å². The minimum absolute atomic E-state index is 0.0116. The summed E-state index contributed by atoms with van der Waals surface area (Å²) in [6.07, 6.45) is 0. The fraction of sp³-hybridized carbons (Fsp3) is 0.417. The smallest absolute Gasteiger partial charge is 0.328 e. The van der Waals surface area contributed by atoms with Crippen LogP contribution in [0.3, 0.4) is 0 Å². The SMILES string of the molecule is CC(C)c1cc(N)cc2c1n(C)c(=O)n2C. The molecule has 0 spiro atoms. The molecule has 0 aliphatic carbocycles. The molecule has 0 fully saturated rings. The fourth-order valence-corrected chi connectivity index (χ4v) is 2.15. The Kier molecular flexibility index (Phi) is 2.30. The van der Waals surface area contributed by atoms with Gasteiger partial charge in [0.05, 0.1) is 11.0 Å². The van der Waals surface area contributed by atoms with E-state index in [1.807, 2.05) is 12.1 Å². The first-order chi connectivity index (χ1) is 7.43.